The van der Waals surface area contributed by atoms with E-state index in [1.807, 2.05) is 13.8 Å². The summed E-state index contributed by atoms with van der Waals surface area (Å²) in [6, 6.07) is 19.8. The van der Waals surface area contributed by atoms with Crippen LogP contribution in [-0.4, -0.2) is 51.4 Å². The smallest absolute Gasteiger partial charge is 0.264 e. The Bertz CT molecular complexity index is 1350. The number of sulfonamides is 1. The number of benzene rings is 3. The fourth-order valence-corrected chi connectivity index (χ4v) is 5.64. The largest absolute Gasteiger partial charge is 0.494 e. The number of anilines is 2. The predicted molar refractivity (Wildman–Crippen MR) is 144 cm³/mol. The van der Waals surface area contributed by atoms with Crippen molar-refractivity contribution in [2.45, 2.75) is 31.6 Å². The summed E-state index contributed by atoms with van der Waals surface area (Å²) < 4.78 is 33.8. The monoisotopic (exact) mass is 521 g/mol. The van der Waals surface area contributed by atoms with Crippen LogP contribution in [0.5, 0.6) is 5.75 Å². The molecule has 0 saturated carbocycles. The zero-order valence-corrected chi connectivity index (χ0v) is 21.8. The summed E-state index contributed by atoms with van der Waals surface area (Å²) in [5.74, 6) is -0.150. The highest BCUT2D eigenvalue weighted by Gasteiger charge is 2.28. The molecule has 3 aromatic rings. The molecule has 8 nitrogen and oxygen atoms in total. The molecule has 9 heteroatoms. The lowest BCUT2D eigenvalue weighted by molar-refractivity contribution is -0.114. The van der Waals surface area contributed by atoms with Crippen molar-refractivity contribution >= 4 is 33.2 Å². The number of carbonyl (C=O) groups is 2. The zero-order chi connectivity index (χ0) is 26.4. The number of rotatable bonds is 9. The van der Waals surface area contributed by atoms with Crippen molar-refractivity contribution in [1.29, 1.82) is 0 Å². The number of nitrogens with one attached hydrogen (secondary N) is 1. The van der Waals surface area contributed by atoms with Gasteiger partial charge >= 0.3 is 0 Å². The van der Waals surface area contributed by atoms with Crippen molar-refractivity contribution < 1.29 is 22.7 Å². The Morgan fingerprint density at radius 1 is 0.946 bits per heavy atom. The first kappa shape index (κ1) is 26.2. The first-order valence-corrected chi connectivity index (χ1v) is 13.7. The van der Waals surface area contributed by atoms with E-state index in [9.17, 15) is 18.0 Å². The second kappa shape index (κ2) is 11.5. The molecule has 1 aliphatic rings. The summed E-state index contributed by atoms with van der Waals surface area (Å²) in [6.45, 7) is 5.11. The molecule has 0 aromatic heterocycles. The van der Waals surface area contributed by atoms with Gasteiger partial charge in [-0.25, -0.2) is 8.42 Å². The number of para-hydroxylation sites is 1. The number of hydrogen-bond acceptors (Lipinski definition) is 5. The third-order valence-electron chi connectivity index (χ3n) is 6.16. The summed E-state index contributed by atoms with van der Waals surface area (Å²) in [5, 5.41) is 2.76. The molecule has 4 rings (SSSR count). The topological polar surface area (TPSA) is 96.0 Å². The molecule has 1 fully saturated rings. The minimum Gasteiger partial charge on any atom is -0.494 e. The average Bonchev–Trinajstić information content (AvgIpc) is 3.44. The van der Waals surface area contributed by atoms with Gasteiger partial charge in [-0.1, -0.05) is 29.8 Å². The van der Waals surface area contributed by atoms with Crippen LogP contribution < -0.4 is 14.4 Å². The van der Waals surface area contributed by atoms with E-state index in [4.69, 9.17) is 4.74 Å². The van der Waals surface area contributed by atoms with Crippen LogP contribution in [0.15, 0.2) is 77.7 Å². The lowest BCUT2D eigenvalue weighted by Crippen LogP contribution is -2.38. The van der Waals surface area contributed by atoms with E-state index >= 15 is 0 Å². The maximum Gasteiger partial charge on any atom is 0.264 e. The second-order valence-corrected chi connectivity index (χ2v) is 10.7. The van der Waals surface area contributed by atoms with Crippen molar-refractivity contribution in [2.75, 3.05) is 35.9 Å². The molecular weight excluding hydrogens is 490 g/mol. The lowest BCUT2D eigenvalue weighted by atomic mass is 10.1. The predicted octanol–water partition coefficient (Wildman–Crippen LogP) is 4.46. The van der Waals surface area contributed by atoms with Gasteiger partial charge in [0.1, 0.15) is 12.3 Å². The fourth-order valence-electron chi connectivity index (χ4n) is 4.22. The molecule has 37 heavy (non-hydrogen) atoms. The molecular formula is C28H31N3O5S. The van der Waals surface area contributed by atoms with E-state index in [2.05, 4.69) is 5.32 Å². The van der Waals surface area contributed by atoms with Gasteiger partial charge in [0.05, 0.1) is 28.4 Å². The molecule has 1 heterocycles. The molecule has 3 aromatic carbocycles. The van der Waals surface area contributed by atoms with E-state index < -0.39 is 22.5 Å². The molecule has 0 aliphatic carbocycles. The van der Waals surface area contributed by atoms with Crippen LogP contribution in [0.25, 0.3) is 0 Å². The fraction of sp³-hybridized carbons (Fsp3) is 0.286. The zero-order valence-electron chi connectivity index (χ0n) is 21.0. The van der Waals surface area contributed by atoms with Crippen molar-refractivity contribution in [3.05, 3.63) is 83.9 Å². The highest BCUT2D eigenvalue weighted by atomic mass is 32.2. The Morgan fingerprint density at radius 2 is 1.59 bits per heavy atom. The molecule has 0 radical (unpaired) electrons. The van der Waals surface area contributed by atoms with Crippen molar-refractivity contribution in [1.82, 2.24) is 4.90 Å². The Labute approximate surface area is 217 Å². The van der Waals surface area contributed by atoms with E-state index in [0.717, 1.165) is 22.7 Å². The molecule has 1 aliphatic heterocycles. The quantitative estimate of drug-likeness (QED) is 0.448. The second-order valence-electron chi connectivity index (χ2n) is 8.84. The Hall–Kier alpha value is -3.85. The van der Waals surface area contributed by atoms with E-state index in [-0.39, 0.29) is 10.8 Å². The molecule has 0 unspecified atom stereocenters. The molecule has 0 spiro atoms. The van der Waals surface area contributed by atoms with Gasteiger partial charge in [-0.3, -0.25) is 13.9 Å². The minimum absolute atomic E-state index is 0.0361. The first-order chi connectivity index (χ1) is 17.8. The maximum absolute atomic E-state index is 13.7. The van der Waals surface area contributed by atoms with Gasteiger partial charge in [0.15, 0.2) is 0 Å². The molecule has 1 N–H and O–H groups in total. The highest BCUT2D eigenvalue weighted by molar-refractivity contribution is 7.92. The van der Waals surface area contributed by atoms with Crippen LogP contribution in [0.1, 0.15) is 35.7 Å². The van der Waals surface area contributed by atoms with Crippen LogP contribution >= 0.6 is 0 Å². The maximum atomic E-state index is 13.7. The molecule has 2 amide bonds. The van der Waals surface area contributed by atoms with Gasteiger partial charge < -0.3 is 15.0 Å². The number of ether oxygens (including phenoxy) is 1. The van der Waals surface area contributed by atoms with Crippen LogP contribution in [0, 0.1) is 6.92 Å². The summed E-state index contributed by atoms with van der Waals surface area (Å²) in [4.78, 5) is 28.0. The number of likely N-dealkylation sites (tertiary alicyclic amines) is 1. The number of nitrogens with zero attached hydrogens (tertiary/aromatic N) is 2. The van der Waals surface area contributed by atoms with Gasteiger partial charge in [-0.15, -0.1) is 0 Å². The number of carbonyl (C=O) groups excluding carboxylic acids is 2. The van der Waals surface area contributed by atoms with E-state index in [0.29, 0.717) is 42.4 Å². The van der Waals surface area contributed by atoms with Crippen molar-refractivity contribution in [2.24, 2.45) is 0 Å². The third-order valence-corrected chi connectivity index (χ3v) is 7.94. The van der Waals surface area contributed by atoms with Crippen LogP contribution in [0.4, 0.5) is 11.4 Å². The Balaban J connectivity index is 1.61. The summed E-state index contributed by atoms with van der Waals surface area (Å²) in [5.41, 5.74) is 2.05. The summed E-state index contributed by atoms with van der Waals surface area (Å²) in [7, 11) is -4.08. The standard InChI is InChI=1S/C28H31N3O5S/c1-3-36-23-14-16-24(17-15-23)37(34,35)31(22-12-10-21(2)11-13-22)20-27(32)29-26-9-5-4-8-25(26)28(33)30-18-6-7-19-30/h4-5,8-17H,3,6-7,18-20H2,1-2H3,(H,29,32). The van der Waals surface area contributed by atoms with Crippen LogP contribution in [-0.2, 0) is 14.8 Å². The summed E-state index contributed by atoms with van der Waals surface area (Å²) >= 11 is 0. The molecule has 194 valence electrons. The molecule has 0 atom stereocenters. The van der Waals surface area contributed by atoms with Gasteiger partial charge in [-0.2, -0.15) is 0 Å². The van der Waals surface area contributed by atoms with E-state index in [1.54, 1.807) is 65.6 Å². The number of hydrogen-bond donors (Lipinski definition) is 1. The Morgan fingerprint density at radius 3 is 2.24 bits per heavy atom. The van der Waals surface area contributed by atoms with Crippen LogP contribution in [0.2, 0.25) is 0 Å². The van der Waals surface area contributed by atoms with Gasteiger partial charge in [0.2, 0.25) is 5.91 Å². The van der Waals surface area contributed by atoms with Crippen molar-refractivity contribution in [3.8, 4) is 5.75 Å². The average molecular weight is 522 g/mol. The Kier molecular flexibility index (Phi) is 8.13. The number of amides is 2. The van der Waals surface area contributed by atoms with Crippen molar-refractivity contribution in [3.63, 3.8) is 0 Å². The van der Waals surface area contributed by atoms with Gasteiger partial charge in [0.25, 0.3) is 15.9 Å². The first-order valence-electron chi connectivity index (χ1n) is 12.3. The molecule has 0 bridgehead atoms. The SMILES string of the molecule is CCOc1ccc(S(=O)(=O)N(CC(=O)Nc2ccccc2C(=O)N2CCCC2)c2ccc(C)cc2)cc1. The third kappa shape index (κ3) is 6.11. The number of aryl methyl sites for hydroxylation is 1. The normalized spacial score (nSPS) is 13.3. The molecule has 1 saturated heterocycles. The lowest BCUT2D eigenvalue weighted by Gasteiger charge is -2.25. The van der Waals surface area contributed by atoms with Crippen LogP contribution in [0.3, 0.4) is 0 Å². The highest BCUT2D eigenvalue weighted by Crippen LogP contribution is 2.26. The van der Waals surface area contributed by atoms with Gasteiger partial charge in [-0.05, 0) is 75.2 Å². The summed E-state index contributed by atoms with van der Waals surface area (Å²) in [6.07, 6.45) is 1.91. The minimum atomic E-state index is -4.08. The van der Waals surface area contributed by atoms with E-state index in [1.165, 1.54) is 12.1 Å². The van der Waals surface area contributed by atoms with Gasteiger partial charge in [0, 0.05) is 13.1 Å².